The number of phosphoric acid groups is 2. The van der Waals surface area contributed by atoms with Gasteiger partial charge in [0.25, 0.3) is 0 Å². The molecule has 0 aromatic carbocycles. The lowest BCUT2D eigenvalue weighted by molar-refractivity contribution is -0.161. The lowest BCUT2D eigenvalue weighted by atomic mass is 10.0. The Labute approximate surface area is 575 Å². The monoisotopic (exact) mass is 1380 g/mol. The molecule has 3 N–H and O–H groups in total. The molecule has 0 aromatic rings. The van der Waals surface area contributed by atoms with E-state index in [1.54, 1.807) is 0 Å². The van der Waals surface area contributed by atoms with Crippen LogP contribution in [0.25, 0.3) is 0 Å². The molecule has 558 valence electrons. The van der Waals surface area contributed by atoms with Gasteiger partial charge in [-0.25, -0.2) is 9.13 Å². The minimum absolute atomic E-state index is 0.103. The van der Waals surface area contributed by atoms with Crippen LogP contribution in [0.3, 0.4) is 0 Å². The van der Waals surface area contributed by atoms with Gasteiger partial charge in [0.2, 0.25) is 0 Å². The van der Waals surface area contributed by atoms with Crippen LogP contribution in [-0.4, -0.2) is 96.7 Å². The Balaban J connectivity index is 5.21. The molecule has 0 spiro atoms. The van der Waals surface area contributed by atoms with Gasteiger partial charge in [0, 0.05) is 25.7 Å². The van der Waals surface area contributed by atoms with Gasteiger partial charge in [-0.05, 0) is 37.5 Å². The summed E-state index contributed by atoms with van der Waals surface area (Å²) in [5, 5.41) is 10.6. The van der Waals surface area contributed by atoms with Crippen molar-refractivity contribution >= 4 is 39.5 Å². The van der Waals surface area contributed by atoms with E-state index in [0.717, 1.165) is 96.3 Å². The van der Waals surface area contributed by atoms with Crippen LogP contribution in [0.1, 0.15) is 388 Å². The molecule has 0 saturated heterocycles. The molecular weight excluding hydrogens is 1230 g/mol. The summed E-state index contributed by atoms with van der Waals surface area (Å²) >= 11 is 0. The Hall–Kier alpha value is -1.94. The number of carbonyl (C=O) groups excluding carboxylic acids is 4. The van der Waals surface area contributed by atoms with Crippen LogP contribution >= 0.6 is 15.6 Å². The van der Waals surface area contributed by atoms with Crippen molar-refractivity contribution in [3.63, 3.8) is 0 Å². The first-order chi connectivity index (χ1) is 45.4. The summed E-state index contributed by atoms with van der Waals surface area (Å²) in [4.78, 5) is 72.7. The van der Waals surface area contributed by atoms with Crippen molar-refractivity contribution in [2.24, 2.45) is 11.8 Å². The molecule has 5 atom stereocenters. The number of hydrogen-bond donors (Lipinski definition) is 3. The van der Waals surface area contributed by atoms with Gasteiger partial charge < -0.3 is 33.8 Å². The minimum atomic E-state index is -4.96. The lowest BCUT2D eigenvalue weighted by Crippen LogP contribution is -2.30. The maximum absolute atomic E-state index is 13.1. The average molecular weight is 1380 g/mol. The van der Waals surface area contributed by atoms with Crippen LogP contribution in [-0.2, 0) is 65.4 Å². The lowest BCUT2D eigenvalue weighted by Gasteiger charge is -2.21. The van der Waals surface area contributed by atoms with Gasteiger partial charge in [-0.2, -0.15) is 0 Å². The normalized spacial score (nSPS) is 14.0. The first kappa shape index (κ1) is 92.1. The summed E-state index contributed by atoms with van der Waals surface area (Å²) in [7, 11) is -9.91. The molecular formula is C75H146O17P2. The molecule has 0 saturated carbocycles. The number of rotatable bonds is 74. The second kappa shape index (κ2) is 66.9. The SMILES string of the molecule is CCCCCCCCCCCCCCCCCCCCCC(=O)O[C@H](COC(=O)CCCCCCCCCCCCCCCCC)COP(=O)(O)OC[C@@H](O)COP(=O)(O)OC[C@@H](COC(=O)CCCCCCCCCC(C)C)OC(=O)CCCCCCCCCC(C)C. The summed E-state index contributed by atoms with van der Waals surface area (Å²) in [6.07, 6.45) is 54.4. The van der Waals surface area contributed by atoms with Crippen molar-refractivity contribution in [1.29, 1.82) is 0 Å². The highest BCUT2D eigenvalue weighted by Gasteiger charge is 2.30. The van der Waals surface area contributed by atoms with E-state index in [1.807, 2.05) is 0 Å². The second-order valence-corrected chi connectivity index (χ2v) is 30.9. The maximum atomic E-state index is 13.1. The van der Waals surface area contributed by atoms with Gasteiger partial charge in [-0.15, -0.1) is 0 Å². The van der Waals surface area contributed by atoms with E-state index in [4.69, 9.17) is 37.0 Å². The molecule has 0 radical (unpaired) electrons. The molecule has 0 bridgehead atoms. The predicted molar refractivity (Wildman–Crippen MR) is 381 cm³/mol. The Morgan fingerprint density at radius 3 is 0.723 bits per heavy atom. The number of unbranched alkanes of at least 4 members (excludes halogenated alkanes) is 44. The summed E-state index contributed by atoms with van der Waals surface area (Å²) in [5.74, 6) is -0.719. The van der Waals surface area contributed by atoms with E-state index in [9.17, 15) is 43.2 Å². The summed E-state index contributed by atoms with van der Waals surface area (Å²) in [6.45, 7) is 9.47. The van der Waals surface area contributed by atoms with Crippen molar-refractivity contribution in [3.05, 3.63) is 0 Å². The van der Waals surface area contributed by atoms with E-state index in [2.05, 4.69) is 41.5 Å². The number of carbonyl (C=O) groups is 4. The predicted octanol–water partition coefficient (Wildman–Crippen LogP) is 21.9. The maximum Gasteiger partial charge on any atom is 0.472 e. The number of esters is 4. The van der Waals surface area contributed by atoms with Gasteiger partial charge in [0.15, 0.2) is 12.2 Å². The molecule has 19 heteroatoms. The van der Waals surface area contributed by atoms with Crippen molar-refractivity contribution in [1.82, 2.24) is 0 Å². The third-order valence-corrected chi connectivity index (χ3v) is 19.4. The van der Waals surface area contributed by atoms with Crippen LogP contribution < -0.4 is 0 Å². The molecule has 0 aliphatic rings. The molecule has 0 aliphatic heterocycles. The third-order valence-electron chi connectivity index (χ3n) is 17.5. The number of phosphoric ester groups is 2. The summed E-state index contributed by atoms with van der Waals surface area (Å²) in [5.41, 5.74) is 0. The highest BCUT2D eigenvalue weighted by atomic mass is 31.2. The smallest absolute Gasteiger partial charge is 0.462 e. The highest BCUT2D eigenvalue weighted by molar-refractivity contribution is 7.47. The van der Waals surface area contributed by atoms with Gasteiger partial charge in [-0.1, -0.05) is 337 Å². The van der Waals surface area contributed by atoms with E-state index in [-0.39, 0.29) is 25.7 Å². The van der Waals surface area contributed by atoms with Crippen LogP contribution in [0.4, 0.5) is 0 Å². The van der Waals surface area contributed by atoms with E-state index >= 15 is 0 Å². The van der Waals surface area contributed by atoms with Crippen molar-refractivity contribution in [2.45, 2.75) is 407 Å². The first-order valence-corrected chi connectivity index (χ1v) is 42.0. The standard InChI is InChI=1S/C75H146O17P2/c1-7-9-11-13-15-17-19-21-23-24-25-26-28-30-32-34-40-47-53-59-74(79)91-70(63-85-72(77)57-51-45-39-33-31-29-27-22-20-18-16-14-12-10-8-2)65-89-93(81,82)87-61-69(76)62-88-94(83,84)90-66-71(92-75(80)60-54-48-42-36-38-44-50-56-68(5)6)64-86-73(78)58-52-46-41-35-37-43-49-55-67(3)4/h67-71,76H,7-66H2,1-6H3,(H,81,82)(H,83,84)/t69-,70-,71-/m1/s1. The number of aliphatic hydroxyl groups is 1. The van der Waals surface area contributed by atoms with Crippen molar-refractivity contribution in [2.75, 3.05) is 39.6 Å². The molecule has 0 rings (SSSR count). The summed E-state index contributed by atoms with van der Waals surface area (Å²) < 4.78 is 68.4. The molecule has 94 heavy (non-hydrogen) atoms. The van der Waals surface area contributed by atoms with Crippen LogP contribution in [0.5, 0.6) is 0 Å². The molecule has 2 unspecified atom stereocenters. The topological polar surface area (TPSA) is 237 Å². The van der Waals surface area contributed by atoms with Crippen LogP contribution in [0.15, 0.2) is 0 Å². The van der Waals surface area contributed by atoms with Crippen LogP contribution in [0, 0.1) is 11.8 Å². The van der Waals surface area contributed by atoms with Gasteiger partial charge in [0.1, 0.15) is 19.3 Å². The molecule has 0 fully saturated rings. The fourth-order valence-electron chi connectivity index (χ4n) is 11.5. The number of hydrogen-bond acceptors (Lipinski definition) is 15. The highest BCUT2D eigenvalue weighted by Crippen LogP contribution is 2.45. The third kappa shape index (κ3) is 68.6. The quantitative estimate of drug-likeness (QED) is 0.0222. The first-order valence-electron chi connectivity index (χ1n) is 39.0. The van der Waals surface area contributed by atoms with Crippen molar-refractivity contribution < 1.29 is 80.2 Å². The number of aliphatic hydroxyl groups excluding tert-OH is 1. The largest absolute Gasteiger partial charge is 0.472 e. The Kier molecular flexibility index (Phi) is 65.5. The zero-order valence-electron chi connectivity index (χ0n) is 61.3. The molecule has 17 nitrogen and oxygen atoms in total. The van der Waals surface area contributed by atoms with Crippen molar-refractivity contribution in [3.8, 4) is 0 Å². The average Bonchev–Trinajstić information content (AvgIpc) is 1.34. The molecule has 0 amide bonds. The zero-order chi connectivity index (χ0) is 69.3. The minimum Gasteiger partial charge on any atom is -0.462 e. The van der Waals surface area contributed by atoms with E-state index < -0.39 is 97.5 Å². The van der Waals surface area contributed by atoms with Crippen LogP contribution in [0.2, 0.25) is 0 Å². The Bertz CT molecular complexity index is 1820. The van der Waals surface area contributed by atoms with E-state index in [0.29, 0.717) is 37.5 Å². The van der Waals surface area contributed by atoms with Gasteiger partial charge in [-0.3, -0.25) is 37.3 Å². The summed E-state index contributed by atoms with van der Waals surface area (Å²) in [6, 6.07) is 0. The molecule has 0 aliphatic carbocycles. The molecule has 0 aromatic heterocycles. The fraction of sp³-hybridized carbons (Fsp3) is 0.947. The number of ether oxygens (including phenoxy) is 4. The zero-order valence-corrected chi connectivity index (χ0v) is 63.1. The second-order valence-electron chi connectivity index (χ2n) is 28.0. The van der Waals surface area contributed by atoms with Gasteiger partial charge in [0.05, 0.1) is 26.4 Å². The molecule has 0 heterocycles. The fourth-order valence-corrected chi connectivity index (χ4v) is 13.1. The van der Waals surface area contributed by atoms with E-state index in [1.165, 1.54) is 199 Å². The van der Waals surface area contributed by atoms with Gasteiger partial charge >= 0.3 is 39.5 Å². The Morgan fingerprint density at radius 2 is 0.489 bits per heavy atom. The Morgan fingerprint density at radius 1 is 0.287 bits per heavy atom.